The molecule has 5 N–H and O–H groups in total. The zero-order valence-corrected chi connectivity index (χ0v) is 11.6. The highest BCUT2D eigenvalue weighted by atomic mass is 32.2. The second-order valence-electron chi connectivity index (χ2n) is 4.15. The normalized spacial score (nSPS) is 10.3. The third-order valence-electron chi connectivity index (χ3n) is 2.65. The van der Waals surface area contributed by atoms with E-state index in [0.717, 1.165) is 18.7 Å². The first-order valence-corrected chi connectivity index (χ1v) is 7.46. The Morgan fingerprint density at radius 2 is 2.11 bits per heavy atom. The van der Waals surface area contributed by atoms with E-state index in [1.165, 1.54) is 18.6 Å². The van der Waals surface area contributed by atoms with E-state index in [1.807, 2.05) is 11.8 Å². The molecular formula is C13H21N3OS. The van der Waals surface area contributed by atoms with Crippen LogP contribution in [0.4, 0.5) is 11.4 Å². The number of hydrogen-bond acceptors (Lipinski definition) is 4. The molecule has 0 aliphatic carbocycles. The molecule has 5 heteroatoms. The van der Waals surface area contributed by atoms with Crippen molar-refractivity contribution >= 4 is 29.0 Å². The summed E-state index contributed by atoms with van der Waals surface area (Å²) in [6.07, 6.45) is 5.62. The zero-order valence-electron chi connectivity index (χ0n) is 10.7. The van der Waals surface area contributed by atoms with Gasteiger partial charge < -0.3 is 16.8 Å². The van der Waals surface area contributed by atoms with Crippen molar-refractivity contribution < 1.29 is 4.79 Å². The smallest absolute Gasteiger partial charge is 0.250 e. The van der Waals surface area contributed by atoms with Gasteiger partial charge in [0.1, 0.15) is 0 Å². The third kappa shape index (κ3) is 4.87. The van der Waals surface area contributed by atoms with Gasteiger partial charge in [0.2, 0.25) is 0 Å². The topological polar surface area (TPSA) is 81.1 Å². The third-order valence-corrected chi connectivity index (χ3v) is 3.35. The highest BCUT2D eigenvalue weighted by Gasteiger charge is 2.07. The molecule has 0 fully saturated rings. The summed E-state index contributed by atoms with van der Waals surface area (Å²) in [5.41, 5.74) is 12.7. The average Bonchev–Trinajstić information content (AvgIpc) is 2.35. The number of nitrogens with one attached hydrogen (secondary N) is 1. The van der Waals surface area contributed by atoms with Crippen molar-refractivity contribution in [2.24, 2.45) is 5.73 Å². The lowest BCUT2D eigenvalue weighted by atomic mass is 10.1. The lowest BCUT2D eigenvalue weighted by Crippen LogP contribution is -2.15. The van der Waals surface area contributed by atoms with Gasteiger partial charge in [0.15, 0.2) is 0 Å². The van der Waals surface area contributed by atoms with Gasteiger partial charge in [-0.3, -0.25) is 4.79 Å². The Hall–Kier alpha value is -1.36. The number of benzene rings is 1. The lowest BCUT2D eigenvalue weighted by Gasteiger charge is -2.10. The van der Waals surface area contributed by atoms with Gasteiger partial charge in [0.05, 0.1) is 5.56 Å². The molecule has 0 aliphatic heterocycles. The van der Waals surface area contributed by atoms with E-state index in [9.17, 15) is 4.79 Å². The molecule has 1 aromatic carbocycles. The van der Waals surface area contributed by atoms with Gasteiger partial charge in [0.25, 0.3) is 5.91 Å². The predicted octanol–water partition coefficient (Wildman–Crippen LogP) is 2.31. The number of amides is 1. The maximum absolute atomic E-state index is 11.3. The van der Waals surface area contributed by atoms with Crippen molar-refractivity contribution in [1.82, 2.24) is 0 Å². The largest absolute Gasteiger partial charge is 0.399 e. The van der Waals surface area contributed by atoms with Crippen molar-refractivity contribution in [3.63, 3.8) is 0 Å². The second-order valence-corrected chi connectivity index (χ2v) is 5.14. The number of carbonyl (C=O) groups excluding carboxylic acids is 1. The van der Waals surface area contributed by atoms with Crippen molar-refractivity contribution in [1.29, 1.82) is 0 Å². The van der Waals surface area contributed by atoms with E-state index in [4.69, 9.17) is 11.5 Å². The molecule has 0 unspecified atom stereocenters. The molecule has 1 amide bonds. The number of nitrogen functional groups attached to an aromatic ring is 1. The van der Waals surface area contributed by atoms with Gasteiger partial charge in [-0.15, -0.1) is 0 Å². The van der Waals surface area contributed by atoms with E-state index in [0.29, 0.717) is 11.3 Å². The molecule has 0 aromatic heterocycles. The Morgan fingerprint density at radius 1 is 1.33 bits per heavy atom. The number of primary amides is 1. The first-order valence-electron chi connectivity index (χ1n) is 6.07. The Labute approximate surface area is 113 Å². The van der Waals surface area contributed by atoms with E-state index < -0.39 is 5.91 Å². The molecule has 0 saturated heterocycles. The van der Waals surface area contributed by atoms with Crippen LogP contribution in [0.1, 0.15) is 29.6 Å². The van der Waals surface area contributed by atoms with Gasteiger partial charge in [-0.25, -0.2) is 0 Å². The first-order chi connectivity index (χ1) is 8.65. The van der Waals surface area contributed by atoms with Crippen LogP contribution in [0.25, 0.3) is 0 Å². The summed E-state index contributed by atoms with van der Waals surface area (Å²) in [6.45, 7) is 0.846. The van der Waals surface area contributed by atoms with Gasteiger partial charge in [-0.2, -0.15) is 11.8 Å². The number of hydrogen-bond donors (Lipinski definition) is 3. The average molecular weight is 267 g/mol. The minimum atomic E-state index is -0.452. The molecule has 0 heterocycles. The Bertz CT molecular complexity index is 396. The molecule has 0 atom stereocenters. The SMILES string of the molecule is CSCCCCCNc1ccc(N)cc1C(N)=O. The molecule has 1 aromatic rings. The number of anilines is 2. The minimum absolute atomic E-state index is 0.452. The number of nitrogens with two attached hydrogens (primary N) is 2. The van der Waals surface area contributed by atoms with Crippen LogP contribution in [0, 0.1) is 0 Å². The van der Waals surface area contributed by atoms with Crippen LogP contribution in [0.5, 0.6) is 0 Å². The second kappa shape index (κ2) is 7.87. The van der Waals surface area contributed by atoms with Crippen LogP contribution in [-0.2, 0) is 0 Å². The van der Waals surface area contributed by atoms with Gasteiger partial charge >= 0.3 is 0 Å². The number of thioether (sulfide) groups is 1. The van der Waals surface area contributed by atoms with Crippen molar-refractivity contribution in [2.75, 3.05) is 29.6 Å². The maximum atomic E-state index is 11.3. The molecular weight excluding hydrogens is 246 g/mol. The van der Waals surface area contributed by atoms with E-state index in [-0.39, 0.29) is 0 Å². The summed E-state index contributed by atoms with van der Waals surface area (Å²) in [5.74, 6) is 0.751. The fourth-order valence-corrected chi connectivity index (χ4v) is 2.18. The minimum Gasteiger partial charge on any atom is -0.399 e. The molecule has 0 bridgehead atoms. The number of carbonyl (C=O) groups is 1. The zero-order chi connectivity index (χ0) is 13.4. The van der Waals surface area contributed by atoms with Crippen LogP contribution in [0.2, 0.25) is 0 Å². The van der Waals surface area contributed by atoms with Gasteiger partial charge in [-0.1, -0.05) is 6.42 Å². The Balaban J connectivity index is 2.44. The van der Waals surface area contributed by atoms with Gasteiger partial charge in [0, 0.05) is 17.9 Å². The van der Waals surface area contributed by atoms with Crippen LogP contribution in [0.3, 0.4) is 0 Å². The lowest BCUT2D eigenvalue weighted by molar-refractivity contribution is 0.100. The standard InChI is InChI=1S/C13H21N3OS/c1-18-8-4-2-3-7-16-12-6-5-10(14)9-11(12)13(15)17/h5-6,9,16H,2-4,7-8,14H2,1H3,(H2,15,17). The summed E-state index contributed by atoms with van der Waals surface area (Å²) in [6, 6.07) is 5.18. The summed E-state index contributed by atoms with van der Waals surface area (Å²) in [5, 5.41) is 3.24. The van der Waals surface area contributed by atoms with Crippen LogP contribution in [-0.4, -0.2) is 24.5 Å². The quantitative estimate of drug-likeness (QED) is 0.499. The molecule has 100 valence electrons. The van der Waals surface area contributed by atoms with Crippen LogP contribution in [0.15, 0.2) is 18.2 Å². The first kappa shape index (κ1) is 14.7. The van der Waals surface area contributed by atoms with Crippen molar-refractivity contribution in [2.45, 2.75) is 19.3 Å². The molecule has 4 nitrogen and oxygen atoms in total. The highest BCUT2D eigenvalue weighted by Crippen LogP contribution is 2.18. The molecule has 0 saturated carbocycles. The Morgan fingerprint density at radius 3 is 2.78 bits per heavy atom. The number of unbranched alkanes of at least 4 members (excludes halogenated alkanes) is 2. The van der Waals surface area contributed by atoms with Crippen molar-refractivity contribution in [3.05, 3.63) is 23.8 Å². The summed E-state index contributed by atoms with van der Waals surface area (Å²) in [4.78, 5) is 11.3. The predicted molar refractivity (Wildman–Crippen MR) is 80.1 cm³/mol. The summed E-state index contributed by atoms with van der Waals surface area (Å²) in [7, 11) is 0. The number of rotatable bonds is 8. The molecule has 1 rings (SSSR count). The van der Waals surface area contributed by atoms with Crippen molar-refractivity contribution in [3.8, 4) is 0 Å². The van der Waals surface area contributed by atoms with E-state index in [1.54, 1.807) is 18.2 Å². The molecule has 18 heavy (non-hydrogen) atoms. The van der Waals surface area contributed by atoms with E-state index in [2.05, 4.69) is 11.6 Å². The molecule has 0 spiro atoms. The van der Waals surface area contributed by atoms with Crippen LogP contribution >= 0.6 is 11.8 Å². The highest BCUT2D eigenvalue weighted by molar-refractivity contribution is 7.98. The van der Waals surface area contributed by atoms with E-state index >= 15 is 0 Å². The fraction of sp³-hybridized carbons (Fsp3) is 0.462. The van der Waals surface area contributed by atoms with Gasteiger partial charge in [-0.05, 0) is 43.0 Å². The summed E-state index contributed by atoms with van der Waals surface area (Å²) < 4.78 is 0. The maximum Gasteiger partial charge on any atom is 0.250 e. The Kier molecular flexibility index (Phi) is 6.43. The molecule has 0 aliphatic rings. The molecule has 0 radical (unpaired) electrons. The summed E-state index contributed by atoms with van der Waals surface area (Å²) >= 11 is 1.87. The monoisotopic (exact) mass is 267 g/mol. The van der Waals surface area contributed by atoms with Crippen LogP contribution < -0.4 is 16.8 Å². The fourth-order valence-electron chi connectivity index (χ4n) is 1.69.